The molecule has 8 heteroatoms. The van der Waals surface area contributed by atoms with Crippen LogP contribution in [-0.2, 0) is 19.9 Å². The van der Waals surface area contributed by atoms with Crippen molar-refractivity contribution in [2.45, 2.75) is 57.8 Å². The third-order valence-electron chi connectivity index (χ3n) is 6.51. The molecule has 0 saturated carbocycles. The van der Waals surface area contributed by atoms with Gasteiger partial charge in [-0.3, -0.25) is 24.6 Å². The first kappa shape index (κ1) is 19.4. The second kappa shape index (κ2) is 6.27. The van der Waals surface area contributed by atoms with Crippen LogP contribution in [0.2, 0.25) is 5.02 Å². The first-order chi connectivity index (χ1) is 13.1. The van der Waals surface area contributed by atoms with E-state index in [1.807, 2.05) is 20.8 Å². The number of benzene rings is 1. The van der Waals surface area contributed by atoms with Gasteiger partial charge in [-0.15, -0.1) is 0 Å². The Kier molecular flexibility index (Phi) is 4.34. The van der Waals surface area contributed by atoms with Crippen LogP contribution in [0.5, 0.6) is 0 Å². The Labute approximate surface area is 168 Å². The number of likely N-dealkylation sites (tertiary alicyclic amines) is 1. The highest BCUT2D eigenvalue weighted by molar-refractivity contribution is 6.31. The van der Waals surface area contributed by atoms with Gasteiger partial charge in [-0.05, 0) is 44.9 Å². The molecule has 0 aromatic heterocycles. The van der Waals surface area contributed by atoms with Gasteiger partial charge in [0.2, 0.25) is 17.7 Å². The van der Waals surface area contributed by atoms with Crippen molar-refractivity contribution >= 4 is 35.0 Å². The summed E-state index contributed by atoms with van der Waals surface area (Å²) in [5.74, 6) is -2.83. The summed E-state index contributed by atoms with van der Waals surface area (Å²) in [6, 6.07) is 2.42. The lowest BCUT2D eigenvalue weighted by Crippen LogP contribution is -2.55. The van der Waals surface area contributed by atoms with Crippen LogP contribution in [0.3, 0.4) is 0 Å². The molecule has 0 unspecified atom stereocenters. The SMILES string of the molecule is CC[C@H](C)N1C(=O)[C@@H]2[C@@H]([C@@H](C)O)N[C@]3(C(=O)Nc4c(C)cc(Cl)cc43)[C@@H]2C1=O. The molecular formula is C20H24ClN3O4. The fraction of sp³-hybridized carbons (Fsp3) is 0.550. The van der Waals surface area contributed by atoms with Gasteiger partial charge in [0.25, 0.3) is 0 Å². The van der Waals surface area contributed by atoms with Gasteiger partial charge < -0.3 is 10.4 Å². The quantitative estimate of drug-likeness (QED) is 0.663. The number of fused-ring (bicyclic) bond motifs is 4. The number of aryl methyl sites for hydroxylation is 1. The zero-order valence-electron chi connectivity index (χ0n) is 16.2. The van der Waals surface area contributed by atoms with E-state index in [0.717, 1.165) is 5.56 Å². The van der Waals surface area contributed by atoms with Crippen LogP contribution in [0.1, 0.15) is 38.3 Å². The number of hydrogen-bond acceptors (Lipinski definition) is 5. The van der Waals surface area contributed by atoms with E-state index in [9.17, 15) is 19.5 Å². The first-order valence-electron chi connectivity index (χ1n) is 9.59. The molecular weight excluding hydrogens is 382 g/mol. The molecule has 3 heterocycles. The molecule has 3 aliphatic rings. The van der Waals surface area contributed by atoms with E-state index in [2.05, 4.69) is 10.6 Å². The molecule has 150 valence electrons. The van der Waals surface area contributed by atoms with Crippen molar-refractivity contribution in [2.75, 3.05) is 5.32 Å². The number of carbonyl (C=O) groups excluding carboxylic acids is 3. The van der Waals surface area contributed by atoms with Gasteiger partial charge in [0, 0.05) is 28.4 Å². The summed E-state index contributed by atoms with van der Waals surface area (Å²) in [6.07, 6.45) is -0.303. The number of aliphatic hydroxyl groups excluding tert-OH is 1. The van der Waals surface area contributed by atoms with Gasteiger partial charge in [0.05, 0.1) is 17.9 Å². The van der Waals surface area contributed by atoms with Gasteiger partial charge in [-0.2, -0.15) is 0 Å². The van der Waals surface area contributed by atoms with Crippen molar-refractivity contribution in [3.05, 3.63) is 28.3 Å². The molecule has 2 saturated heterocycles. The zero-order valence-corrected chi connectivity index (χ0v) is 17.0. The van der Waals surface area contributed by atoms with Crippen LogP contribution in [0.4, 0.5) is 5.69 Å². The van der Waals surface area contributed by atoms with Gasteiger partial charge in [-0.1, -0.05) is 18.5 Å². The smallest absolute Gasteiger partial charge is 0.250 e. The summed E-state index contributed by atoms with van der Waals surface area (Å²) in [7, 11) is 0. The number of nitrogens with zero attached hydrogens (tertiary/aromatic N) is 1. The predicted molar refractivity (Wildman–Crippen MR) is 104 cm³/mol. The van der Waals surface area contributed by atoms with Gasteiger partial charge in [0.15, 0.2) is 0 Å². The number of amides is 3. The fourth-order valence-electron chi connectivity index (χ4n) is 5.02. The van der Waals surface area contributed by atoms with Crippen LogP contribution >= 0.6 is 11.6 Å². The number of nitrogens with one attached hydrogen (secondary N) is 2. The van der Waals surface area contributed by atoms with Crippen LogP contribution in [-0.4, -0.2) is 45.9 Å². The van der Waals surface area contributed by atoms with Crippen molar-refractivity contribution in [3.8, 4) is 0 Å². The summed E-state index contributed by atoms with van der Waals surface area (Å²) in [5.41, 5.74) is 0.524. The molecule has 28 heavy (non-hydrogen) atoms. The van der Waals surface area contributed by atoms with Crippen molar-refractivity contribution in [1.29, 1.82) is 0 Å². The van der Waals surface area contributed by atoms with Crippen LogP contribution < -0.4 is 10.6 Å². The standard InChI is InChI=1S/C20H24ClN3O4/c1-5-9(3)24-17(26)13-14(18(24)27)20(23-16(13)10(4)25)12-7-11(21)6-8(2)15(12)22-19(20)28/h6-7,9-10,13-14,16,23,25H,5H2,1-4H3,(H,22,28)/t9-,10+,13-,14-,16+,20-/m0/s1. The molecule has 0 aliphatic carbocycles. The number of anilines is 1. The lowest BCUT2D eigenvalue weighted by molar-refractivity contribution is -0.145. The largest absolute Gasteiger partial charge is 0.392 e. The zero-order chi connectivity index (χ0) is 20.5. The molecule has 4 rings (SSSR count). The highest BCUT2D eigenvalue weighted by atomic mass is 35.5. The molecule has 1 aromatic rings. The summed E-state index contributed by atoms with van der Waals surface area (Å²) < 4.78 is 0. The summed E-state index contributed by atoms with van der Waals surface area (Å²) >= 11 is 6.27. The van der Waals surface area contributed by atoms with E-state index in [0.29, 0.717) is 22.7 Å². The highest BCUT2D eigenvalue weighted by Crippen LogP contribution is 2.54. The maximum atomic E-state index is 13.4. The Morgan fingerprint density at radius 1 is 1.25 bits per heavy atom. The average Bonchev–Trinajstić information content (AvgIpc) is 3.21. The minimum atomic E-state index is -1.42. The normalized spacial score (nSPS) is 33.3. The van der Waals surface area contributed by atoms with E-state index in [-0.39, 0.29) is 17.9 Å². The number of imide groups is 1. The predicted octanol–water partition coefficient (Wildman–Crippen LogP) is 1.55. The van der Waals surface area contributed by atoms with Crippen molar-refractivity contribution in [2.24, 2.45) is 11.8 Å². The first-order valence-corrected chi connectivity index (χ1v) is 9.97. The van der Waals surface area contributed by atoms with Crippen LogP contribution in [0.25, 0.3) is 0 Å². The number of hydrogen-bond donors (Lipinski definition) is 3. The summed E-state index contributed by atoms with van der Waals surface area (Å²) in [6.45, 7) is 7.11. The second-order valence-electron chi connectivity index (χ2n) is 8.13. The van der Waals surface area contributed by atoms with Crippen LogP contribution in [0, 0.1) is 18.8 Å². The molecule has 7 nitrogen and oxygen atoms in total. The van der Waals surface area contributed by atoms with Crippen molar-refractivity contribution in [3.63, 3.8) is 0 Å². The van der Waals surface area contributed by atoms with E-state index < -0.39 is 35.4 Å². The lowest BCUT2D eigenvalue weighted by atomic mass is 9.76. The molecule has 1 spiro atoms. The third kappa shape index (κ3) is 2.27. The summed E-state index contributed by atoms with van der Waals surface area (Å²) in [5, 5.41) is 16.9. The molecule has 3 N–H and O–H groups in total. The Morgan fingerprint density at radius 2 is 1.93 bits per heavy atom. The minimum Gasteiger partial charge on any atom is -0.392 e. The maximum absolute atomic E-state index is 13.4. The molecule has 1 aromatic carbocycles. The average molecular weight is 406 g/mol. The number of carbonyl (C=O) groups is 3. The Hall–Kier alpha value is -1.96. The third-order valence-corrected chi connectivity index (χ3v) is 6.72. The Bertz CT molecular complexity index is 902. The topological polar surface area (TPSA) is 98.7 Å². The van der Waals surface area contributed by atoms with E-state index in [1.54, 1.807) is 19.1 Å². The number of rotatable bonds is 3. The number of aliphatic hydroxyl groups is 1. The molecule has 3 amide bonds. The minimum absolute atomic E-state index is 0.276. The van der Waals surface area contributed by atoms with Gasteiger partial charge in [-0.25, -0.2) is 0 Å². The molecule has 0 radical (unpaired) electrons. The van der Waals surface area contributed by atoms with Crippen LogP contribution in [0.15, 0.2) is 12.1 Å². The maximum Gasteiger partial charge on any atom is 0.250 e. The van der Waals surface area contributed by atoms with E-state index in [1.165, 1.54) is 4.90 Å². The van der Waals surface area contributed by atoms with E-state index in [4.69, 9.17) is 11.6 Å². The molecule has 2 fully saturated rings. The van der Waals surface area contributed by atoms with Crippen molar-refractivity contribution in [1.82, 2.24) is 10.2 Å². The molecule has 6 atom stereocenters. The Balaban J connectivity index is 1.94. The monoisotopic (exact) mass is 405 g/mol. The van der Waals surface area contributed by atoms with Gasteiger partial charge >= 0.3 is 0 Å². The van der Waals surface area contributed by atoms with Crippen molar-refractivity contribution < 1.29 is 19.5 Å². The Morgan fingerprint density at radius 3 is 2.54 bits per heavy atom. The lowest BCUT2D eigenvalue weighted by Gasteiger charge is -2.31. The van der Waals surface area contributed by atoms with E-state index >= 15 is 0 Å². The molecule has 0 bridgehead atoms. The summed E-state index contributed by atoms with van der Waals surface area (Å²) in [4.78, 5) is 41.1. The molecule has 3 aliphatic heterocycles. The highest BCUT2D eigenvalue weighted by Gasteiger charge is 2.71. The number of halogens is 1. The van der Waals surface area contributed by atoms with Gasteiger partial charge in [0.1, 0.15) is 5.54 Å². The fourth-order valence-corrected chi connectivity index (χ4v) is 5.29. The second-order valence-corrected chi connectivity index (χ2v) is 8.56.